The number of nitrogens with zero attached hydrogens (tertiary/aromatic N) is 3. The first-order chi connectivity index (χ1) is 14.3. The van der Waals surface area contributed by atoms with Gasteiger partial charge in [0.1, 0.15) is 11.0 Å². The average molecular weight is 430 g/mol. The average Bonchev–Trinajstić information content (AvgIpc) is 3.43. The lowest BCUT2D eigenvalue weighted by atomic mass is 9.99. The van der Waals surface area contributed by atoms with Gasteiger partial charge in [-0.05, 0) is 66.7 Å². The Hall–Kier alpha value is -2.39. The summed E-state index contributed by atoms with van der Waals surface area (Å²) in [6.07, 6.45) is 7.45. The van der Waals surface area contributed by atoms with E-state index in [2.05, 4.69) is 20.8 Å². The van der Waals surface area contributed by atoms with Crippen molar-refractivity contribution < 1.29 is 13.7 Å². The summed E-state index contributed by atoms with van der Waals surface area (Å²) in [4.78, 5) is 13.0. The van der Waals surface area contributed by atoms with Crippen LogP contribution in [-0.4, -0.2) is 26.1 Å². The fourth-order valence-electron chi connectivity index (χ4n) is 4.77. The van der Waals surface area contributed by atoms with Crippen LogP contribution in [0.25, 0.3) is 0 Å². The fourth-order valence-corrected chi connectivity index (χ4v) is 5.77. The second-order valence-corrected chi connectivity index (χ2v) is 10.5. The van der Waals surface area contributed by atoms with E-state index >= 15 is 0 Å². The van der Waals surface area contributed by atoms with Gasteiger partial charge in [0.2, 0.25) is 5.88 Å². The number of aromatic nitrogens is 2. The molecule has 160 valence electrons. The zero-order valence-corrected chi connectivity index (χ0v) is 18.1. The molecule has 3 aliphatic rings. The number of carbonyl (C=O) groups is 1. The Morgan fingerprint density at radius 3 is 2.57 bits per heavy atom. The Bertz CT molecular complexity index is 1130. The number of aryl methyl sites for hydroxylation is 2. The van der Waals surface area contributed by atoms with Crippen LogP contribution in [-0.2, 0) is 42.1 Å². The lowest BCUT2D eigenvalue weighted by Gasteiger charge is -2.15. The zero-order chi connectivity index (χ0) is 21.0. The molecule has 1 aromatic carbocycles. The van der Waals surface area contributed by atoms with Gasteiger partial charge in [-0.25, -0.2) is 18.8 Å². The molecule has 1 aromatic heterocycles. The Balaban J connectivity index is 1.45. The van der Waals surface area contributed by atoms with Gasteiger partial charge >= 0.3 is 6.03 Å². The summed E-state index contributed by atoms with van der Waals surface area (Å²) < 4.78 is 24.6. The highest BCUT2D eigenvalue weighted by molar-refractivity contribution is 7.91. The first kappa shape index (κ1) is 19.6. The zero-order valence-electron chi connectivity index (χ0n) is 17.3. The number of hydrogen-bond acceptors (Lipinski definition) is 4. The monoisotopic (exact) mass is 429 g/mol. The van der Waals surface area contributed by atoms with E-state index in [0.717, 1.165) is 44.2 Å². The van der Waals surface area contributed by atoms with Crippen molar-refractivity contribution in [1.82, 2.24) is 9.78 Å². The van der Waals surface area contributed by atoms with Crippen LogP contribution in [0, 0.1) is 5.92 Å². The minimum absolute atomic E-state index is 0.0639. The Morgan fingerprint density at radius 1 is 1.27 bits per heavy atom. The van der Waals surface area contributed by atoms with E-state index in [9.17, 15) is 9.00 Å². The van der Waals surface area contributed by atoms with E-state index in [4.69, 9.17) is 9.88 Å². The fraction of sp³-hybridized carbons (Fsp3) is 0.524. The topological polar surface area (TPSA) is 112 Å². The largest absolute Gasteiger partial charge is 0.471 e. The van der Waals surface area contributed by atoms with Crippen molar-refractivity contribution >= 4 is 21.6 Å². The third kappa shape index (κ3) is 3.20. The first-order valence-electron chi connectivity index (χ1n) is 10.6. The van der Waals surface area contributed by atoms with Crippen molar-refractivity contribution in [1.29, 1.82) is 0 Å². The van der Waals surface area contributed by atoms with Crippen LogP contribution >= 0.6 is 0 Å². The minimum Gasteiger partial charge on any atom is -0.471 e. The molecule has 8 nitrogen and oxygen atoms in total. The van der Waals surface area contributed by atoms with Crippen LogP contribution in [0.2, 0.25) is 0 Å². The van der Waals surface area contributed by atoms with E-state index in [1.54, 1.807) is 4.68 Å². The van der Waals surface area contributed by atoms with Crippen LogP contribution in [0.5, 0.6) is 5.88 Å². The molecule has 9 heteroatoms. The van der Waals surface area contributed by atoms with Crippen molar-refractivity contribution in [3.8, 4) is 5.88 Å². The number of nitrogens with two attached hydrogens (primary N) is 1. The van der Waals surface area contributed by atoms with Gasteiger partial charge in [0, 0.05) is 5.69 Å². The van der Waals surface area contributed by atoms with E-state index in [-0.39, 0.29) is 16.9 Å². The Kier molecular flexibility index (Phi) is 4.62. The highest BCUT2D eigenvalue weighted by Gasteiger charge is 2.32. The van der Waals surface area contributed by atoms with Gasteiger partial charge in [0.15, 0.2) is 9.92 Å². The molecule has 0 spiro atoms. The number of anilines is 1. The summed E-state index contributed by atoms with van der Waals surface area (Å²) in [6, 6.07) is 1.61. The SMILES string of the molecule is CC(C)[C@H]1Cn2ncc([S@](N)(=O)=NC(=O)Nc3c4c(cc5c3CCC5)CCC4)c2O1. The molecular weight excluding hydrogens is 402 g/mol. The molecule has 2 heterocycles. The summed E-state index contributed by atoms with van der Waals surface area (Å²) in [6.45, 7) is 4.66. The minimum atomic E-state index is -3.48. The van der Waals surface area contributed by atoms with Gasteiger partial charge in [-0.2, -0.15) is 5.10 Å². The number of amides is 2. The number of benzene rings is 1. The van der Waals surface area contributed by atoms with Crippen LogP contribution in [0.3, 0.4) is 0 Å². The molecule has 0 unspecified atom stereocenters. The maximum absolute atomic E-state index is 13.2. The quantitative estimate of drug-likeness (QED) is 0.780. The van der Waals surface area contributed by atoms with E-state index in [1.807, 2.05) is 13.8 Å². The molecule has 0 bridgehead atoms. The summed E-state index contributed by atoms with van der Waals surface area (Å²) in [5, 5.41) is 13.2. The summed E-state index contributed by atoms with van der Waals surface area (Å²) in [5.74, 6) is 0.620. The molecule has 3 N–H and O–H groups in total. The van der Waals surface area contributed by atoms with E-state index < -0.39 is 15.9 Å². The predicted octanol–water partition coefficient (Wildman–Crippen LogP) is 3.21. The normalized spacial score (nSPS) is 21.0. The van der Waals surface area contributed by atoms with Gasteiger partial charge in [-0.3, -0.25) is 0 Å². The third-order valence-corrected chi connectivity index (χ3v) is 7.70. The standard InChI is InChI=1S/C21H27N5O3S/c1-12(2)17-11-26-20(29-17)18(10-23-26)30(22,28)25-21(27)24-19-15-7-3-5-13(15)9-14-6-4-8-16(14)19/h9-10,12,17H,3-8,11H2,1-2H3,(H3,22,24,25,27,28)/t17-,30-/m1/s1. The van der Waals surface area contributed by atoms with Gasteiger partial charge in [-0.15, -0.1) is 4.36 Å². The maximum Gasteiger partial charge on any atom is 0.354 e. The molecule has 2 aromatic rings. The van der Waals surface area contributed by atoms with Gasteiger partial charge < -0.3 is 10.1 Å². The number of fused-ring (bicyclic) bond motifs is 3. The molecule has 30 heavy (non-hydrogen) atoms. The molecule has 0 radical (unpaired) electrons. The number of rotatable bonds is 3. The lowest BCUT2D eigenvalue weighted by Crippen LogP contribution is -2.22. The highest BCUT2D eigenvalue weighted by atomic mass is 32.2. The van der Waals surface area contributed by atoms with Crippen LogP contribution in [0.15, 0.2) is 21.5 Å². The van der Waals surface area contributed by atoms with Crippen LogP contribution in [0.4, 0.5) is 10.5 Å². The molecule has 0 saturated carbocycles. The van der Waals surface area contributed by atoms with Gasteiger partial charge in [0.25, 0.3) is 0 Å². The maximum atomic E-state index is 13.2. The first-order valence-corrected chi connectivity index (χ1v) is 12.2. The molecule has 2 aliphatic carbocycles. The molecule has 1 aliphatic heterocycles. The van der Waals surface area contributed by atoms with Crippen molar-refractivity contribution in [3.63, 3.8) is 0 Å². The lowest BCUT2D eigenvalue weighted by molar-refractivity contribution is 0.173. The summed E-state index contributed by atoms with van der Waals surface area (Å²) in [7, 11) is -3.48. The Morgan fingerprint density at radius 2 is 1.93 bits per heavy atom. The third-order valence-electron chi connectivity index (χ3n) is 6.36. The molecular formula is C21H27N5O3S. The summed E-state index contributed by atoms with van der Waals surface area (Å²) in [5.41, 5.74) is 5.86. The van der Waals surface area contributed by atoms with Crippen molar-refractivity contribution in [2.24, 2.45) is 15.4 Å². The van der Waals surface area contributed by atoms with E-state index in [0.29, 0.717) is 12.4 Å². The van der Waals surface area contributed by atoms with E-state index in [1.165, 1.54) is 28.5 Å². The molecule has 0 fully saturated rings. The number of nitrogens with one attached hydrogen (secondary N) is 1. The highest BCUT2D eigenvalue weighted by Crippen LogP contribution is 2.39. The number of ether oxygens (including phenoxy) is 1. The number of hydrogen-bond donors (Lipinski definition) is 2. The number of urea groups is 1. The summed E-state index contributed by atoms with van der Waals surface area (Å²) >= 11 is 0. The van der Waals surface area contributed by atoms with Gasteiger partial charge in [0.05, 0.1) is 12.7 Å². The van der Waals surface area contributed by atoms with Crippen molar-refractivity contribution in [2.75, 3.05) is 5.32 Å². The second kappa shape index (κ2) is 7.09. The molecule has 0 saturated heterocycles. The second-order valence-electron chi connectivity index (χ2n) is 8.72. The Labute approximate surface area is 176 Å². The molecule has 2 amide bonds. The van der Waals surface area contributed by atoms with Crippen LogP contribution in [0.1, 0.15) is 48.9 Å². The van der Waals surface area contributed by atoms with Crippen molar-refractivity contribution in [2.45, 2.75) is 69.9 Å². The predicted molar refractivity (Wildman–Crippen MR) is 114 cm³/mol. The van der Waals surface area contributed by atoms with Crippen molar-refractivity contribution in [3.05, 3.63) is 34.5 Å². The van der Waals surface area contributed by atoms with Gasteiger partial charge in [-0.1, -0.05) is 19.9 Å². The number of carbonyl (C=O) groups excluding carboxylic acids is 1. The molecule has 5 rings (SSSR count). The van der Waals surface area contributed by atoms with Crippen LogP contribution < -0.4 is 15.2 Å². The molecule has 2 atom stereocenters. The smallest absolute Gasteiger partial charge is 0.354 e.